The average Bonchev–Trinajstić information content (AvgIpc) is 2.67. The van der Waals surface area contributed by atoms with Gasteiger partial charge >= 0.3 is 0 Å². The van der Waals surface area contributed by atoms with Crippen molar-refractivity contribution in [3.63, 3.8) is 0 Å². The topological polar surface area (TPSA) is 46.2 Å². The molecule has 2 atom stereocenters. The fourth-order valence-corrected chi connectivity index (χ4v) is 1.71. The summed E-state index contributed by atoms with van der Waals surface area (Å²) < 4.78 is 5.36. The Hall–Kier alpha value is -1.13. The molecule has 2 unspecified atom stereocenters. The Kier molecular flexibility index (Phi) is 2.96. The molecule has 1 fully saturated rings. The first-order valence-corrected chi connectivity index (χ1v) is 4.80. The highest BCUT2D eigenvalue weighted by Crippen LogP contribution is 2.11. The predicted octanol–water partition coefficient (Wildman–Crippen LogP) is 0.480. The summed E-state index contributed by atoms with van der Waals surface area (Å²) in [4.78, 5) is 3.97. The maximum Gasteiger partial charge on any atom is 0.0908 e. The highest BCUT2D eigenvalue weighted by atomic mass is 16.5. The van der Waals surface area contributed by atoms with Crippen LogP contribution in [0.25, 0.3) is 0 Å². The lowest BCUT2D eigenvalue weighted by atomic mass is 10.2. The minimum atomic E-state index is 0.253. The molecule has 0 radical (unpaired) electrons. The molecule has 1 aliphatic heterocycles. The molecule has 1 saturated heterocycles. The lowest BCUT2D eigenvalue weighted by Gasteiger charge is -2.19. The van der Waals surface area contributed by atoms with E-state index in [1.165, 1.54) is 0 Å². The first kappa shape index (κ1) is 9.43. The van der Waals surface area contributed by atoms with Crippen LogP contribution in [0.1, 0.15) is 0 Å². The van der Waals surface area contributed by atoms with Crippen molar-refractivity contribution < 1.29 is 4.74 Å². The van der Waals surface area contributed by atoms with Gasteiger partial charge < -0.3 is 15.4 Å². The number of anilines is 1. The molecule has 2 rings (SSSR count). The van der Waals surface area contributed by atoms with Crippen molar-refractivity contribution >= 4 is 5.69 Å². The van der Waals surface area contributed by atoms with Crippen LogP contribution >= 0.6 is 0 Å². The number of ether oxygens (including phenoxy) is 1. The van der Waals surface area contributed by atoms with Crippen molar-refractivity contribution in [1.29, 1.82) is 0 Å². The van der Waals surface area contributed by atoms with Crippen LogP contribution in [0.3, 0.4) is 0 Å². The van der Waals surface area contributed by atoms with Crippen LogP contribution in [0.2, 0.25) is 0 Å². The summed E-state index contributed by atoms with van der Waals surface area (Å²) in [7, 11) is 1.75. The zero-order valence-corrected chi connectivity index (χ0v) is 8.23. The fourth-order valence-electron chi connectivity index (χ4n) is 1.71. The van der Waals surface area contributed by atoms with Crippen molar-refractivity contribution in [2.45, 2.75) is 12.1 Å². The molecule has 0 spiro atoms. The number of methoxy groups -OCH3 is 1. The summed E-state index contributed by atoms with van der Waals surface area (Å²) in [5.41, 5.74) is 1.09. The number of pyridine rings is 1. The van der Waals surface area contributed by atoms with Crippen LogP contribution in [-0.4, -0.2) is 37.3 Å². The molecule has 0 saturated carbocycles. The molecule has 14 heavy (non-hydrogen) atoms. The third-order valence-electron chi connectivity index (χ3n) is 2.49. The largest absolute Gasteiger partial charge is 0.378 e. The Morgan fingerprint density at radius 1 is 1.43 bits per heavy atom. The van der Waals surface area contributed by atoms with Gasteiger partial charge in [-0.2, -0.15) is 0 Å². The average molecular weight is 193 g/mol. The number of hydrogen-bond acceptors (Lipinski definition) is 4. The van der Waals surface area contributed by atoms with Gasteiger partial charge in [-0.25, -0.2) is 0 Å². The van der Waals surface area contributed by atoms with E-state index in [-0.39, 0.29) is 6.10 Å². The van der Waals surface area contributed by atoms with E-state index in [4.69, 9.17) is 4.74 Å². The minimum absolute atomic E-state index is 0.253. The maximum atomic E-state index is 5.36. The predicted molar refractivity (Wildman–Crippen MR) is 55.3 cm³/mol. The van der Waals surface area contributed by atoms with E-state index in [9.17, 15) is 0 Å². The molecule has 76 valence electrons. The molecule has 0 aromatic carbocycles. The van der Waals surface area contributed by atoms with Gasteiger partial charge in [-0.3, -0.25) is 4.98 Å². The van der Waals surface area contributed by atoms with E-state index >= 15 is 0 Å². The smallest absolute Gasteiger partial charge is 0.0908 e. The summed E-state index contributed by atoms with van der Waals surface area (Å²) in [5.74, 6) is 0. The van der Waals surface area contributed by atoms with E-state index in [1.54, 1.807) is 19.5 Å². The highest BCUT2D eigenvalue weighted by molar-refractivity contribution is 5.42. The molecule has 1 aromatic heterocycles. The van der Waals surface area contributed by atoms with Crippen molar-refractivity contribution in [1.82, 2.24) is 10.3 Å². The van der Waals surface area contributed by atoms with Crippen molar-refractivity contribution in [2.75, 3.05) is 25.5 Å². The Labute approximate surface area is 83.7 Å². The lowest BCUT2D eigenvalue weighted by molar-refractivity contribution is 0.111. The van der Waals surface area contributed by atoms with E-state index in [0.717, 1.165) is 18.8 Å². The Morgan fingerprint density at radius 2 is 2.21 bits per heavy atom. The monoisotopic (exact) mass is 193 g/mol. The van der Waals surface area contributed by atoms with Gasteiger partial charge in [0.2, 0.25) is 0 Å². The number of rotatable bonds is 3. The molecule has 4 nitrogen and oxygen atoms in total. The SMILES string of the molecule is COC1CNCC1Nc1ccncc1. The molecule has 0 amide bonds. The molecule has 1 aromatic rings. The molecular formula is C10H15N3O. The van der Waals surface area contributed by atoms with Crippen LogP contribution in [0, 0.1) is 0 Å². The van der Waals surface area contributed by atoms with Crippen LogP contribution in [0.15, 0.2) is 24.5 Å². The molecule has 4 heteroatoms. The minimum Gasteiger partial charge on any atom is -0.378 e. The normalized spacial score (nSPS) is 26.4. The van der Waals surface area contributed by atoms with E-state index in [2.05, 4.69) is 15.6 Å². The Morgan fingerprint density at radius 3 is 2.93 bits per heavy atom. The number of aromatic nitrogens is 1. The first-order valence-electron chi connectivity index (χ1n) is 4.80. The molecule has 2 heterocycles. The maximum absolute atomic E-state index is 5.36. The zero-order chi connectivity index (χ0) is 9.80. The molecule has 0 aliphatic carbocycles. The lowest BCUT2D eigenvalue weighted by Crippen LogP contribution is -2.33. The van der Waals surface area contributed by atoms with Gasteiger partial charge in [0.1, 0.15) is 0 Å². The summed E-state index contributed by atoms with van der Waals surface area (Å²) in [6.07, 6.45) is 3.82. The van der Waals surface area contributed by atoms with Crippen LogP contribution in [0.5, 0.6) is 0 Å². The number of hydrogen-bond donors (Lipinski definition) is 2. The van der Waals surface area contributed by atoms with Crippen molar-refractivity contribution in [3.05, 3.63) is 24.5 Å². The second-order valence-corrected chi connectivity index (χ2v) is 3.42. The molecule has 1 aliphatic rings. The van der Waals surface area contributed by atoms with Crippen molar-refractivity contribution in [2.24, 2.45) is 0 Å². The Bertz CT molecular complexity index is 278. The first-order chi connectivity index (χ1) is 6.90. The third-order valence-corrected chi connectivity index (χ3v) is 2.49. The van der Waals surface area contributed by atoms with Gasteiger partial charge in [-0.15, -0.1) is 0 Å². The number of nitrogens with zero attached hydrogens (tertiary/aromatic N) is 1. The van der Waals surface area contributed by atoms with Crippen LogP contribution < -0.4 is 10.6 Å². The summed E-state index contributed by atoms with van der Waals surface area (Å²) in [6, 6.07) is 4.28. The summed E-state index contributed by atoms with van der Waals surface area (Å²) in [6.45, 7) is 1.86. The van der Waals surface area contributed by atoms with Crippen molar-refractivity contribution in [3.8, 4) is 0 Å². The van der Waals surface area contributed by atoms with Gasteiger partial charge in [-0.1, -0.05) is 0 Å². The van der Waals surface area contributed by atoms with E-state index < -0.39 is 0 Å². The van der Waals surface area contributed by atoms with Gasteiger partial charge in [-0.05, 0) is 12.1 Å². The molecule has 0 bridgehead atoms. The molecular weight excluding hydrogens is 178 g/mol. The van der Waals surface area contributed by atoms with E-state index in [1.807, 2.05) is 12.1 Å². The van der Waals surface area contributed by atoms with E-state index in [0.29, 0.717) is 6.04 Å². The summed E-state index contributed by atoms with van der Waals surface area (Å²) in [5, 5.41) is 6.70. The third kappa shape index (κ3) is 2.02. The summed E-state index contributed by atoms with van der Waals surface area (Å²) >= 11 is 0. The van der Waals surface area contributed by atoms with Crippen LogP contribution in [0.4, 0.5) is 5.69 Å². The number of nitrogens with one attached hydrogen (secondary N) is 2. The second-order valence-electron chi connectivity index (χ2n) is 3.42. The zero-order valence-electron chi connectivity index (χ0n) is 8.23. The fraction of sp³-hybridized carbons (Fsp3) is 0.500. The van der Waals surface area contributed by atoms with Gasteiger partial charge in [0.15, 0.2) is 0 Å². The Balaban J connectivity index is 1.97. The highest BCUT2D eigenvalue weighted by Gasteiger charge is 2.26. The van der Waals surface area contributed by atoms with Crippen LogP contribution in [-0.2, 0) is 4.74 Å². The molecule has 2 N–H and O–H groups in total. The van der Waals surface area contributed by atoms with Gasteiger partial charge in [0.25, 0.3) is 0 Å². The van der Waals surface area contributed by atoms with Gasteiger partial charge in [0, 0.05) is 38.3 Å². The quantitative estimate of drug-likeness (QED) is 0.733. The van der Waals surface area contributed by atoms with Gasteiger partial charge in [0.05, 0.1) is 12.1 Å². The second kappa shape index (κ2) is 4.39. The standard InChI is InChI=1S/C10H15N3O/c1-14-10-7-12-6-9(10)13-8-2-4-11-5-3-8/h2-5,9-10,12H,6-7H2,1H3,(H,11,13).